The minimum Gasteiger partial charge on any atom is -0.395 e. The second-order valence-electron chi connectivity index (χ2n) is 6.03. The second-order valence-corrected chi connectivity index (χ2v) is 6.03. The molecule has 2 fully saturated rings. The van der Waals surface area contributed by atoms with Gasteiger partial charge in [0.1, 0.15) is 0 Å². The lowest BCUT2D eigenvalue weighted by atomic mass is 10.0. The largest absolute Gasteiger partial charge is 0.395 e. The molecule has 18 heavy (non-hydrogen) atoms. The van der Waals surface area contributed by atoms with E-state index in [2.05, 4.69) is 23.8 Å². The minimum absolute atomic E-state index is 0.136. The first-order chi connectivity index (χ1) is 8.67. The van der Waals surface area contributed by atoms with Gasteiger partial charge in [0.25, 0.3) is 0 Å². The molecule has 3 N–H and O–H groups in total. The van der Waals surface area contributed by atoms with E-state index in [-0.39, 0.29) is 18.7 Å². The molecular formula is C14H29N3O. The lowest BCUT2D eigenvalue weighted by molar-refractivity contribution is 0.0951. The van der Waals surface area contributed by atoms with Crippen LogP contribution in [0.5, 0.6) is 0 Å². The summed E-state index contributed by atoms with van der Waals surface area (Å²) in [6.45, 7) is 5.83. The predicted octanol–water partition coefficient (Wildman–Crippen LogP) is 0.501. The fourth-order valence-corrected chi connectivity index (χ4v) is 3.34. The summed E-state index contributed by atoms with van der Waals surface area (Å²) in [5.74, 6) is 0.649. The Hall–Kier alpha value is -0.160. The molecule has 0 aromatic rings. The maximum absolute atomic E-state index is 9.61. The molecule has 4 heteroatoms. The molecule has 3 unspecified atom stereocenters. The number of nitrogens with zero attached hydrogens (tertiary/aromatic N) is 2. The molecule has 0 amide bonds. The molecule has 0 radical (unpaired) electrons. The third-order valence-electron chi connectivity index (χ3n) is 4.77. The van der Waals surface area contributed by atoms with Gasteiger partial charge in [-0.15, -0.1) is 0 Å². The van der Waals surface area contributed by atoms with Gasteiger partial charge in [-0.2, -0.15) is 0 Å². The molecule has 1 heterocycles. The van der Waals surface area contributed by atoms with Crippen molar-refractivity contribution < 1.29 is 5.11 Å². The average Bonchev–Trinajstić information content (AvgIpc) is 3.11. The standard InChI is InChI=1S/C14H29N3O/c1-3-17-8-4-5-12(17)9-16(2)13(10-18)14(15)11-6-7-11/h11-14,18H,3-10,15H2,1-2H3. The number of nitrogens with two attached hydrogens (primary N) is 1. The van der Waals surface area contributed by atoms with Crippen molar-refractivity contribution in [3.63, 3.8) is 0 Å². The monoisotopic (exact) mass is 255 g/mol. The van der Waals surface area contributed by atoms with Crippen LogP contribution < -0.4 is 5.73 Å². The maximum Gasteiger partial charge on any atom is 0.0601 e. The number of likely N-dealkylation sites (tertiary alicyclic amines) is 1. The molecule has 2 aliphatic rings. The highest BCUT2D eigenvalue weighted by Crippen LogP contribution is 2.34. The van der Waals surface area contributed by atoms with Crippen LogP contribution in [0.15, 0.2) is 0 Å². The number of likely N-dealkylation sites (N-methyl/N-ethyl adjacent to an activating group) is 2. The normalized spacial score (nSPS) is 28.8. The van der Waals surface area contributed by atoms with Crippen molar-refractivity contribution in [2.45, 2.75) is 50.7 Å². The highest BCUT2D eigenvalue weighted by Gasteiger charge is 2.36. The van der Waals surface area contributed by atoms with Crippen molar-refractivity contribution >= 4 is 0 Å². The third-order valence-corrected chi connectivity index (χ3v) is 4.77. The van der Waals surface area contributed by atoms with Gasteiger partial charge < -0.3 is 10.8 Å². The number of hydrogen-bond acceptors (Lipinski definition) is 4. The van der Waals surface area contributed by atoms with Crippen LogP contribution in [-0.2, 0) is 0 Å². The Morgan fingerprint density at radius 2 is 2.11 bits per heavy atom. The molecule has 0 aromatic heterocycles. The van der Waals surface area contributed by atoms with Crippen molar-refractivity contribution in [2.24, 2.45) is 11.7 Å². The van der Waals surface area contributed by atoms with Crippen LogP contribution in [-0.4, -0.2) is 66.3 Å². The number of aliphatic hydroxyl groups is 1. The van der Waals surface area contributed by atoms with Gasteiger partial charge in [0, 0.05) is 24.7 Å². The topological polar surface area (TPSA) is 52.7 Å². The van der Waals surface area contributed by atoms with E-state index < -0.39 is 0 Å². The summed E-state index contributed by atoms with van der Waals surface area (Å²) in [5.41, 5.74) is 6.26. The lowest BCUT2D eigenvalue weighted by Gasteiger charge is -2.35. The van der Waals surface area contributed by atoms with Gasteiger partial charge in [0.2, 0.25) is 0 Å². The first kappa shape index (κ1) is 14.3. The average molecular weight is 255 g/mol. The first-order valence-electron chi connectivity index (χ1n) is 7.48. The van der Waals surface area contributed by atoms with Crippen LogP contribution in [0.1, 0.15) is 32.6 Å². The summed E-state index contributed by atoms with van der Waals surface area (Å²) in [5, 5.41) is 9.61. The van der Waals surface area contributed by atoms with Crippen molar-refractivity contribution in [1.82, 2.24) is 9.80 Å². The number of hydrogen-bond donors (Lipinski definition) is 2. The van der Waals surface area contributed by atoms with E-state index in [1.54, 1.807) is 0 Å². The minimum atomic E-state index is 0.136. The van der Waals surface area contributed by atoms with Crippen LogP contribution in [0.3, 0.4) is 0 Å². The summed E-state index contributed by atoms with van der Waals surface area (Å²) in [7, 11) is 2.12. The maximum atomic E-state index is 9.61. The van der Waals surface area contributed by atoms with E-state index in [1.807, 2.05) is 0 Å². The Kier molecular flexibility index (Phi) is 5.01. The van der Waals surface area contributed by atoms with E-state index in [9.17, 15) is 5.11 Å². The summed E-state index contributed by atoms with van der Waals surface area (Å²) < 4.78 is 0. The highest BCUT2D eigenvalue weighted by atomic mass is 16.3. The molecule has 4 nitrogen and oxygen atoms in total. The highest BCUT2D eigenvalue weighted by molar-refractivity contribution is 4.93. The van der Waals surface area contributed by atoms with Crippen molar-refractivity contribution in [3.05, 3.63) is 0 Å². The Balaban J connectivity index is 1.86. The van der Waals surface area contributed by atoms with Crippen LogP contribution in [0.25, 0.3) is 0 Å². The molecule has 2 rings (SSSR count). The van der Waals surface area contributed by atoms with E-state index in [0.29, 0.717) is 12.0 Å². The van der Waals surface area contributed by atoms with Gasteiger partial charge in [-0.3, -0.25) is 9.80 Å². The molecule has 1 aliphatic carbocycles. The van der Waals surface area contributed by atoms with Gasteiger partial charge in [0.15, 0.2) is 0 Å². The Bertz CT molecular complexity index is 257. The lowest BCUT2D eigenvalue weighted by Crippen LogP contribution is -2.52. The van der Waals surface area contributed by atoms with Crippen LogP contribution in [0.2, 0.25) is 0 Å². The molecule has 1 saturated heterocycles. The zero-order chi connectivity index (χ0) is 13.1. The fourth-order valence-electron chi connectivity index (χ4n) is 3.34. The van der Waals surface area contributed by atoms with E-state index >= 15 is 0 Å². The van der Waals surface area contributed by atoms with Gasteiger partial charge in [-0.1, -0.05) is 6.92 Å². The second kappa shape index (κ2) is 6.33. The SMILES string of the molecule is CCN1CCCC1CN(C)C(CO)C(N)C1CC1. The smallest absolute Gasteiger partial charge is 0.0601 e. The summed E-state index contributed by atoms with van der Waals surface area (Å²) in [6, 6.07) is 0.939. The van der Waals surface area contributed by atoms with Gasteiger partial charge in [-0.05, 0) is 51.7 Å². The summed E-state index contributed by atoms with van der Waals surface area (Å²) in [4.78, 5) is 4.84. The quantitative estimate of drug-likeness (QED) is 0.696. The third kappa shape index (κ3) is 3.23. The Labute approximate surface area is 111 Å². The Morgan fingerprint density at radius 1 is 1.39 bits per heavy atom. The number of rotatable bonds is 7. The van der Waals surface area contributed by atoms with Gasteiger partial charge in [-0.25, -0.2) is 0 Å². The number of aliphatic hydroxyl groups excluding tert-OH is 1. The van der Waals surface area contributed by atoms with Crippen LogP contribution >= 0.6 is 0 Å². The van der Waals surface area contributed by atoms with Crippen LogP contribution in [0.4, 0.5) is 0 Å². The fraction of sp³-hybridized carbons (Fsp3) is 1.00. The van der Waals surface area contributed by atoms with Crippen molar-refractivity contribution in [3.8, 4) is 0 Å². The molecule has 0 bridgehead atoms. The molecule has 3 atom stereocenters. The molecule has 1 aliphatic heterocycles. The zero-order valence-electron chi connectivity index (χ0n) is 11.9. The van der Waals surface area contributed by atoms with Gasteiger partial charge in [0.05, 0.1) is 6.61 Å². The molecule has 106 valence electrons. The van der Waals surface area contributed by atoms with E-state index in [0.717, 1.165) is 13.1 Å². The van der Waals surface area contributed by atoms with E-state index in [1.165, 1.54) is 32.2 Å². The molecule has 1 saturated carbocycles. The predicted molar refractivity (Wildman–Crippen MR) is 74.5 cm³/mol. The molecule has 0 spiro atoms. The Morgan fingerprint density at radius 3 is 2.67 bits per heavy atom. The van der Waals surface area contributed by atoms with Gasteiger partial charge >= 0.3 is 0 Å². The molecule has 0 aromatic carbocycles. The first-order valence-corrected chi connectivity index (χ1v) is 7.48. The van der Waals surface area contributed by atoms with Crippen molar-refractivity contribution in [2.75, 3.05) is 33.3 Å². The summed E-state index contributed by atoms with van der Waals surface area (Å²) in [6.07, 6.45) is 5.09. The van der Waals surface area contributed by atoms with Crippen LogP contribution in [0, 0.1) is 5.92 Å². The van der Waals surface area contributed by atoms with Crippen molar-refractivity contribution in [1.29, 1.82) is 0 Å². The molecular weight excluding hydrogens is 226 g/mol. The van der Waals surface area contributed by atoms with E-state index in [4.69, 9.17) is 5.73 Å². The zero-order valence-corrected chi connectivity index (χ0v) is 11.9. The summed E-state index contributed by atoms with van der Waals surface area (Å²) >= 11 is 0.